The highest BCUT2D eigenvalue weighted by molar-refractivity contribution is 5.98. The number of hydrogen-bond acceptors (Lipinski definition) is 3. The predicted molar refractivity (Wildman–Crippen MR) is 123 cm³/mol. The van der Waals surface area contributed by atoms with Gasteiger partial charge in [0.05, 0.1) is 0 Å². The van der Waals surface area contributed by atoms with Gasteiger partial charge in [0.1, 0.15) is 0 Å². The van der Waals surface area contributed by atoms with Gasteiger partial charge >= 0.3 is 0 Å². The summed E-state index contributed by atoms with van der Waals surface area (Å²) in [6, 6.07) is 17.3. The molecule has 0 aromatic heterocycles. The largest absolute Gasteiger partial charge is 0.339 e. The number of benzene rings is 2. The van der Waals surface area contributed by atoms with E-state index in [9.17, 15) is 9.59 Å². The van der Waals surface area contributed by atoms with Crippen LogP contribution in [0.3, 0.4) is 0 Å². The van der Waals surface area contributed by atoms with Crippen molar-refractivity contribution in [3.05, 3.63) is 71.3 Å². The van der Waals surface area contributed by atoms with Crippen LogP contribution in [0.2, 0.25) is 0 Å². The van der Waals surface area contributed by atoms with Crippen molar-refractivity contribution in [1.29, 1.82) is 0 Å². The third-order valence-corrected chi connectivity index (χ3v) is 5.80. The zero-order chi connectivity index (χ0) is 20.8. The normalized spacial score (nSPS) is 18.0. The Balaban J connectivity index is 0.00000320. The molecule has 162 valence electrons. The Hall–Kier alpha value is -2.37. The van der Waals surface area contributed by atoms with E-state index in [4.69, 9.17) is 5.73 Å². The fourth-order valence-electron chi connectivity index (χ4n) is 4.15. The van der Waals surface area contributed by atoms with Crippen LogP contribution in [0.4, 0.5) is 0 Å². The summed E-state index contributed by atoms with van der Waals surface area (Å²) in [5.41, 5.74) is 8.47. The quantitative estimate of drug-likeness (QED) is 0.728. The van der Waals surface area contributed by atoms with Gasteiger partial charge in [0, 0.05) is 43.2 Å². The predicted octanol–water partition coefficient (Wildman–Crippen LogP) is 3.80. The summed E-state index contributed by atoms with van der Waals surface area (Å²) < 4.78 is 0. The summed E-state index contributed by atoms with van der Waals surface area (Å²) in [5, 5.41) is 0. The molecule has 2 aromatic carbocycles. The number of amides is 2. The SMILES string of the molecule is CCCN(CC)C(=O)c1ccc(C(=O)N2C[C@@H](CN)[C@H](c3ccccc3)C2)cc1.Cl. The lowest BCUT2D eigenvalue weighted by Crippen LogP contribution is -2.32. The highest BCUT2D eigenvalue weighted by Crippen LogP contribution is 2.32. The maximum atomic E-state index is 13.0. The molecule has 1 saturated heterocycles. The molecule has 2 N–H and O–H groups in total. The Morgan fingerprint density at radius 3 is 2.20 bits per heavy atom. The van der Waals surface area contributed by atoms with Crippen LogP contribution in [0.15, 0.2) is 54.6 Å². The topological polar surface area (TPSA) is 66.6 Å². The number of halogens is 1. The third-order valence-electron chi connectivity index (χ3n) is 5.80. The molecule has 0 unspecified atom stereocenters. The van der Waals surface area contributed by atoms with Gasteiger partial charge in [-0.15, -0.1) is 12.4 Å². The van der Waals surface area contributed by atoms with Crippen molar-refractivity contribution in [3.8, 4) is 0 Å². The summed E-state index contributed by atoms with van der Waals surface area (Å²) >= 11 is 0. The number of likely N-dealkylation sites (tertiary alicyclic amines) is 1. The molecule has 0 aliphatic carbocycles. The van der Waals surface area contributed by atoms with Gasteiger partial charge in [-0.2, -0.15) is 0 Å². The fourth-order valence-corrected chi connectivity index (χ4v) is 4.15. The van der Waals surface area contributed by atoms with E-state index in [0.717, 1.165) is 13.0 Å². The lowest BCUT2D eigenvalue weighted by Gasteiger charge is -2.20. The number of carbonyl (C=O) groups is 2. The highest BCUT2D eigenvalue weighted by Gasteiger charge is 2.35. The van der Waals surface area contributed by atoms with Crippen LogP contribution in [0.25, 0.3) is 0 Å². The first kappa shape index (κ1) is 23.9. The van der Waals surface area contributed by atoms with E-state index in [0.29, 0.717) is 37.3 Å². The monoisotopic (exact) mass is 429 g/mol. The number of nitrogens with two attached hydrogens (primary N) is 1. The fraction of sp³-hybridized carbons (Fsp3) is 0.417. The van der Waals surface area contributed by atoms with Gasteiger partial charge in [-0.1, -0.05) is 37.3 Å². The maximum absolute atomic E-state index is 13.0. The molecule has 0 spiro atoms. The second kappa shape index (κ2) is 11.1. The minimum atomic E-state index is 0. The van der Waals surface area contributed by atoms with E-state index < -0.39 is 0 Å². The van der Waals surface area contributed by atoms with E-state index in [-0.39, 0.29) is 36.1 Å². The molecule has 6 heteroatoms. The second-order valence-corrected chi connectivity index (χ2v) is 7.69. The number of nitrogens with zero attached hydrogens (tertiary/aromatic N) is 2. The van der Waals surface area contributed by atoms with Crippen LogP contribution in [0.1, 0.15) is 52.5 Å². The van der Waals surface area contributed by atoms with E-state index in [1.807, 2.05) is 34.9 Å². The first-order valence-electron chi connectivity index (χ1n) is 10.5. The van der Waals surface area contributed by atoms with Crippen LogP contribution in [0, 0.1) is 5.92 Å². The minimum Gasteiger partial charge on any atom is -0.339 e. The standard InChI is InChI=1S/C24H31N3O2.ClH/c1-3-14-26(4-2)23(28)19-10-12-20(13-11-19)24(29)27-16-21(15-25)22(17-27)18-8-6-5-7-9-18;/h5-13,21-22H,3-4,14-17,25H2,1-2H3;1H/t21-,22+;/m1./s1. The molecule has 2 aromatic rings. The summed E-state index contributed by atoms with van der Waals surface area (Å²) in [7, 11) is 0. The van der Waals surface area contributed by atoms with Gasteiger partial charge < -0.3 is 15.5 Å². The van der Waals surface area contributed by atoms with Crippen molar-refractivity contribution in [1.82, 2.24) is 9.80 Å². The summed E-state index contributed by atoms with van der Waals surface area (Å²) in [6.07, 6.45) is 0.927. The molecule has 2 atom stereocenters. The summed E-state index contributed by atoms with van der Waals surface area (Å²) in [6.45, 7) is 7.36. The Kier molecular flexibility index (Phi) is 8.88. The van der Waals surface area contributed by atoms with Crippen molar-refractivity contribution in [2.45, 2.75) is 26.2 Å². The van der Waals surface area contributed by atoms with Crippen molar-refractivity contribution >= 4 is 24.2 Å². The van der Waals surface area contributed by atoms with Gasteiger partial charge in [-0.25, -0.2) is 0 Å². The van der Waals surface area contributed by atoms with Crippen molar-refractivity contribution in [2.24, 2.45) is 11.7 Å². The molecule has 1 fully saturated rings. The van der Waals surface area contributed by atoms with Gasteiger partial charge in [0.25, 0.3) is 11.8 Å². The molecule has 1 aliphatic heterocycles. The van der Waals surface area contributed by atoms with Crippen molar-refractivity contribution in [2.75, 3.05) is 32.7 Å². The number of carbonyl (C=O) groups excluding carboxylic acids is 2. The van der Waals surface area contributed by atoms with Crippen LogP contribution < -0.4 is 5.73 Å². The average Bonchev–Trinajstić information content (AvgIpc) is 3.22. The smallest absolute Gasteiger partial charge is 0.253 e. The van der Waals surface area contributed by atoms with E-state index in [1.54, 1.807) is 24.3 Å². The van der Waals surface area contributed by atoms with E-state index in [1.165, 1.54) is 5.56 Å². The van der Waals surface area contributed by atoms with Gasteiger partial charge in [-0.3, -0.25) is 9.59 Å². The first-order chi connectivity index (χ1) is 14.1. The molecule has 1 heterocycles. The molecule has 0 bridgehead atoms. The molecule has 0 radical (unpaired) electrons. The maximum Gasteiger partial charge on any atom is 0.253 e. The van der Waals surface area contributed by atoms with Crippen LogP contribution in [-0.4, -0.2) is 54.3 Å². The Morgan fingerprint density at radius 1 is 1.00 bits per heavy atom. The molecule has 3 rings (SSSR count). The molecule has 30 heavy (non-hydrogen) atoms. The van der Waals surface area contributed by atoms with Gasteiger partial charge in [0.2, 0.25) is 0 Å². The Labute approximate surface area is 185 Å². The van der Waals surface area contributed by atoms with E-state index in [2.05, 4.69) is 19.1 Å². The number of hydrogen-bond donors (Lipinski definition) is 1. The third kappa shape index (κ3) is 5.21. The van der Waals surface area contributed by atoms with E-state index >= 15 is 0 Å². The molecule has 0 saturated carbocycles. The Bertz CT molecular complexity index is 826. The summed E-state index contributed by atoms with van der Waals surface area (Å²) in [4.78, 5) is 29.4. The number of rotatable bonds is 7. The molecular weight excluding hydrogens is 398 g/mol. The van der Waals surface area contributed by atoms with Crippen LogP contribution in [-0.2, 0) is 0 Å². The zero-order valence-electron chi connectivity index (χ0n) is 17.8. The molecule has 2 amide bonds. The van der Waals surface area contributed by atoms with Crippen LogP contribution >= 0.6 is 12.4 Å². The molecule has 5 nitrogen and oxygen atoms in total. The lowest BCUT2D eigenvalue weighted by molar-refractivity contribution is 0.0759. The van der Waals surface area contributed by atoms with Crippen LogP contribution in [0.5, 0.6) is 0 Å². The Morgan fingerprint density at radius 2 is 1.63 bits per heavy atom. The van der Waals surface area contributed by atoms with Gasteiger partial charge in [0.15, 0.2) is 0 Å². The minimum absolute atomic E-state index is 0. The van der Waals surface area contributed by atoms with Crippen molar-refractivity contribution < 1.29 is 9.59 Å². The first-order valence-corrected chi connectivity index (χ1v) is 10.5. The molecule has 1 aliphatic rings. The summed E-state index contributed by atoms with van der Waals surface area (Å²) in [5.74, 6) is 0.538. The molecular formula is C24H32ClN3O2. The average molecular weight is 430 g/mol. The van der Waals surface area contributed by atoms with Crippen molar-refractivity contribution in [3.63, 3.8) is 0 Å². The second-order valence-electron chi connectivity index (χ2n) is 7.69. The zero-order valence-corrected chi connectivity index (χ0v) is 18.6. The highest BCUT2D eigenvalue weighted by atomic mass is 35.5. The lowest BCUT2D eigenvalue weighted by atomic mass is 9.89. The van der Waals surface area contributed by atoms with Gasteiger partial charge in [-0.05, 0) is 55.6 Å².